The van der Waals surface area contributed by atoms with Crippen LogP contribution in [0.4, 0.5) is 16.5 Å². The van der Waals surface area contributed by atoms with E-state index in [2.05, 4.69) is 20.0 Å². The van der Waals surface area contributed by atoms with Crippen molar-refractivity contribution >= 4 is 39.9 Å². The van der Waals surface area contributed by atoms with Crippen LogP contribution >= 0.6 is 11.5 Å². The standard InChI is InChI=1S/C18H13N5O3S/c1-10-15(16(24)21-13-5-3-12(4-6-13)18(25)26)17(27-23-10)22-14-7-2-11(8-19)9-20-14/h2-7,9H,1H3,(H,20,22)(H,21,24)(H,25,26). The zero-order valence-corrected chi connectivity index (χ0v) is 14.9. The van der Waals surface area contributed by atoms with Crippen LogP contribution in [0.3, 0.4) is 0 Å². The van der Waals surface area contributed by atoms with Crippen LogP contribution in [0.1, 0.15) is 32.0 Å². The van der Waals surface area contributed by atoms with Gasteiger partial charge < -0.3 is 15.7 Å². The molecule has 3 aromatic rings. The second kappa shape index (κ2) is 7.63. The molecule has 3 rings (SSSR count). The minimum Gasteiger partial charge on any atom is -0.478 e. The molecule has 9 heteroatoms. The van der Waals surface area contributed by atoms with Crippen molar-refractivity contribution in [1.82, 2.24) is 9.36 Å². The topological polar surface area (TPSA) is 128 Å². The highest BCUT2D eigenvalue weighted by Gasteiger charge is 2.19. The Morgan fingerprint density at radius 3 is 2.52 bits per heavy atom. The molecule has 0 saturated heterocycles. The van der Waals surface area contributed by atoms with Gasteiger partial charge in [-0.15, -0.1) is 0 Å². The van der Waals surface area contributed by atoms with Crippen LogP contribution in [0, 0.1) is 18.3 Å². The lowest BCUT2D eigenvalue weighted by Gasteiger charge is -2.08. The highest BCUT2D eigenvalue weighted by Crippen LogP contribution is 2.28. The molecule has 0 aliphatic rings. The maximum atomic E-state index is 12.7. The number of carbonyl (C=O) groups excluding carboxylic acids is 1. The number of rotatable bonds is 5. The number of carboxylic acids is 1. The average Bonchev–Trinajstić information content (AvgIpc) is 3.03. The van der Waals surface area contributed by atoms with E-state index in [1.165, 1.54) is 30.5 Å². The van der Waals surface area contributed by atoms with Crippen molar-refractivity contribution in [2.24, 2.45) is 0 Å². The number of pyridine rings is 1. The summed E-state index contributed by atoms with van der Waals surface area (Å²) in [5, 5.41) is 24.0. The summed E-state index contributed by atoms with van der Waals surface area (Å²) in [7, 11) is 0. The molecule has 134 valence electrons. The predicted octanol–water partition coefficient (Wildman–Crippen LogP) is 3.41. The van der Waals surface area contributed by atoms with Crippen molar-refractivity contribution in [2.45, 2.75) is 6.92 Å². The lowest BCUT2D eigenvalue weighted by atomic mass is 10.2. The number of benzene rings is 1. The fraction of sp³-hybridized carbons (Fsp3) is 0.0556. The summed E-state index contributed by atoms with van der Waals surface area (Å²) in [6.07, 6.45) is 1.43. The van der Waals surface area contributed by atoms with Crippen molar-refractivity contribution < 1.29 is 14.7 Å². The van der Waals surface area contributed by atoms with E-state index in [-0.39, 0.29) is 11.5 Å². The van der Waals surface area contributed by atoms with E-state index in [0.29, 0.717) is 33.3 Å². The molecule has 2 heterocycles. The molecule has 0 aliphatic carbocycles. The molecule has 0 fully saturated rings. The second-order valence-corrected chi connectivity index (χ2v) is 6.25. The van der Waals surface area contributed by atoms with Gasteiger partial charge in [-0.1, -0.05) is 0 Å². The molecule has 2 aromatic heterocycles. The fourth-order valence-corrected chi connectivity index (χ4v) is 3.06. The second-order valence-electron chi connectivity index (χ2n) is 5.48. The summed E-state index contributed by atoms with van der Waals surface area (Å²) in [6.45, 7) is 1.72. The number of amides is 1. The Labute approximate surface area is 158 Å². The first kappa shape index (κ1) is 18.0. The maximum Gasteiger partial charge on any atom is 0.335 e. The number of hydrogen-bond donors (Lipinski definition) is 3. The summed E-state index contributed by atoms with van der Waals surface area (Å²) in [4.78, 5) is 27.7. The van der Waals surface area contributed by atoms with Gasteiger partial charge in [-0.05, 0) is 54.9 Å². The summed E-state index contributed by atoms with van der Waals surface area (Å²) in [6, 6.07) is 11.1. The predicted molar refractivity (Wildman–Crippen MR) is 100 cm³/mol. The van der Waals surface area contributed by atoms with Crippen LogP contribution in [0.15, 0.2) is 42.6 Å². The molecule has 1 amide bonds. The quantitative estimate of drug-likeness (QED) is 0.619. The van der Waals surface area contributed by atoms with Crippen LogP contribution in [0.25, 0.3) is 0 Å². The third-order valence-corrected chi connectivity index (χ3v) is 4.47. The van der Waals surface area contributed by atoms with Crippen LogP contribution in [0.5, 0.6) is 0 Å². The summed E-state index contributed by atoms with van der Waals surface area (Å²) < 4.78 is 4.21. The maximum absolute atomic E-state index is 12.7. The van der Waals surface area contributed by atoms with Gasteiger partial charge >= 0.3 is 5.97 Å². The molecule has 0 radical (unpaired) electrons. The normalized spacial score (nSPS) is 10.1. The van der Waals surface area contributed by atoms with Crippen molar-refractivity contribution in [3.05, 3.63) is 65.0 Å². The molecule has 27 heavy (non-hydrogen) atoms. The number of nitriles is 1. The number of aryl methyl sites for hydroxylation is 1. The van der Waals surface area contributed by atoms with Gasteiger partial charge in [0.05, 0.1) is 22.4 Å². The monoisotopic (exact) mass is 379 g/mol. The van der Waals surface area contributed by atoms with E-state index < -0.39 is 5.97 Å². The van der Waals surface area contributed by atoms with Gasteiger partial charge in [0.25, 0.3) is 5.91 Å². The molecule has 0 aliphatic heterocycles. The molecule has 3 N–H and O–H groups in total. The van der Waals surface area contributed by atoms with Crippen LogP contribution in [-0.2, 0) is 0 Å². The molecule has 0 bridgehead atoms. The van der Waals surface area contributed by atoms with Gasteiger partial charge in [-0.25, -0.2) is 9.78 Å². The van der Waals surface area contributed by atoms with Crippen molar-refractivity contribution in [1.29, 1.82) is 5.26 Å². The van der Waals surface area contributed by atoms with Crippen LogP contribution in [-0.4, -0.2) is 26.3 Å². The summed E-state index contributed by atoms with van der Waals surface area (Å²) >= 11 is 1.12. The van der Waals surface area contributed by atoms with Gasteiger partial charge in [0, 0.05) is 11.9 Å². The van der Waals surface area contributed by atoms with Gasteiger partial charge in [-0.2, -0.15) is 9.64 Å². The Balaban J connectivity index is 1.79. The number of carbonyl (C=O) groups is 2. The zero-order chi connectivity index (χ0) is 19.4. The van der Waals surface area contributed by atoms with Crippen molar-refractivity contribution in [3.63, 3.8) is 0 Å². The van der Waals surface area contributed by atoms with Gasteiger partial charge in [-0.3, -0.25) is 4.79 Å². The first-order valence-electron chi connectivity index (χ1n) is 7.72. The summed E-state index contributed by atoms with van der Waals surface area (Å²) in [5.74, 6) is -0.926. The average molecular weight is 379 g/mol. The number of nitrogens with zero attached hydrogens (tertiary/aromatic N) is 3. The minimum atomic E-state index is -1.04. The van der Waals surface area contributed by atoms with Crippen LogP contribution < -0.4 is 10.6 Å². The Hall–Kier alpha value is -3.77. The van der Waals surface area contributed by atoms with Crippen molar-refractivity contribution in [3.8, 4) is 6.07 Å². The first-order valence-corrected chi connectivity index (χ1v) is 8.49. The Bertz CT molecular complexity index is 1040. The molecule has 0 spiro atoms. The third kappa shape index (κ3) is 4.08. The van der Waals surface area contributed by atoms with Gasteiger partial charge in [0.15, 0.2) is 0 Å². The fourth-order valence-electron chi connectivity index (χ4n) is 2.26. The third-order valence-electron chi connectivity index (χ3n) is 3.61. The number of carboxylic acid groups (broad SMARTS) is 1. The highest BCUT2D eigenvalue weighted by atomic mass is 32.1. The van der Waals surface area contributed by atoms with E-state index in [1.807, 2.05) is 6.07 Å². The zero-order valence-electron chi connectivity index (χ0n) is 14.1. The summed E-state index contributed by atoms with van der Waals surface area (Å²) in [5.41, 5.74) is 1.96. The number of nitrogens with one attached hydrogen (secondary N) is 2. The molecule has 8 nitrogen and oxygen atoms in total. The Morgan fingerprint density at radius 2 is 1.93 bits per heavy atom. The Morgan fingerprint density at radius 1 is 1.19 bits per heavy atom. The number of aromatic carboxylic acids is 1. The van der Waals surface area contributed by atoms with E-state index in [9.17, 15) is 9.59 Å². The number of anilines is 3. The Kier molecular flexibility index (Phi) is 5.10. The van der Waals surface area contributed by atoms with Gasteiger partial charge in [0.1, 0.15) is 16.9 Å². The smallest absolute Gasteiger partial charge is 0.335 e. The van der Waals surface area contributed by atoms with Crippen molar-refractivity contribution in [2.75, 3.05) is 10.6 Å². The number of aromatic nitrogens is 2. The lowest BCUT2D eigenvalue weighted by Crippen LogP contribution is -2.14. The lowest BCUT2D eigenvalue weighted by molar-refractivity contribution is 0.0696. The van der Waals surface area contributed by atoms with E-state index >= 15 is 0 Å². The SMILES string of the molecule is Cc1nsc(Nc2ccc(C#N)cn2)c1C(=O)Nc1ccc(C(=O)O)cc1. The number of hydrogen-bond acceptors (Lipinski definition) is 7. The molecule has 0 atom stereocenters. The van der Waals surface area contributed by atoms with E-state index in [1.54, 1.807) is 19.1 Å². The van der Waals surface area contributed by atoms with E-state index in [4.69, 9.17) is 10.4 Å². The highest BCUT2D eigenvalue weighted by molar-refractivity contribution is 7.10. The molecule has 1 aromatic carbocycles. The minimum absolute atomic E-state index is 0.135. The van der Waals surface area contributed by atoms with Crippen LogP contribution in [0.2, 0.25) is 0 Å². The molecular formula is C18H13N5O3S. The van der Waals surface area contributed by atoms with Gasteiger partial charge in [0.2, 0.25) is 0 Å². The molecule has 0 saturated carbocycles. The first-order chi connectivity index (χ1) is 13.0. The molecule has 0 unspecified atom stereocenters. The largest absolute Gasteiger partial charge is 0.478 e. The van der Waals surface area contributed by atoms with E-state index in [0.717, 1.165) is 11.5 Å². The molecular weight excluding hydrogens is 366 g/mol.